The standard InChI is InChI=1S/C18H25F3N4O3/c1-16(2,3)28-15(26)24-8-5-17(6-9-24)12-25(10-11-27-17)14-22-7-4-13(23-14)18(19,20)21/h4,7H,5-6,8-12H2,1-3H3. The first-order valence-corrected chi connectivity index (χ1v) is 9.25. The maximum atomic E-state index is 12.9. The minimum absolute atomic E-state index is 0.0482. The van der Waals surface area contributed by atoms with Crippen molar-refractivity contribution in [1.29, 1.82) is 0 Å². The quantitative estimate of drug-likeness (QED) is 0.719. The second-order valence-electron chi connectivity index (χ2n) is 8.16. The van der Waals surface area contributed by atoms with Gasteiger partial charge in [0.25, 0.3) is 0 Å². The van der Waals surface area contributed by atoms with Crippen LogP contribution in [0.4, 0.5) is 23.9 Å². The van der Waals surface area contributed by atoms with Gasteiger partial charge in [-0.2, -0.15) is 13.2 Å². The molecule has 10 heteroatoms. The number of anilines is 1. The van der Waals surface area contributed by atoms with Crippen molar-refractivity contribution in [3.05, 3.63) is 18.0 Å². The van der Waals surface area contributed by atoms with Crippen LogP contribution in [0.15, 0.2) is 12.3 Å². The number of likely N-dealkylation sites (tertiary alicyclic amines) is 1. The fourth-order valence-electron chi connectivity index (χ4n) is 3.40. The molecular formula is C18H25F3N4O3. The maximum absolute atomic E-state index is 12.9. The molecule has 28 heavy (non-hydrogen) atoms. The molecule has 3 heterocycles. The molecule has 0 saturated carbocycles. The van der Waals surface area contributed by atoms with Crippen LogP contribution in [0.1, 0.15) is 39.3 Å². The summed E-state index contributed by atoms with van der Waals surface area (Å²) in [6.07, 6.45) is -2.61. The molecule has 0 atom stereocenters. The van der Waals surface area contributed by atoms with Gasteiger partial charge in [-0.25, -0.2) is 14.8 Å². The Hall–Kier alpha value is -2.10. The van der Waals surface area contributed by atoms with Crippen molar-refractivity contribution in [3.8, 4) is 0 Å². The number of halogens is 3. The molecule has 1 amide bonds. The summed E-state index contributed by atoms with van der Waals surface area (Å²) in [6, 6.07) is 0.860. The van der Waals surface area contributed by atoms with Gasteiger partial charge in [0.05, 0.1) is 18.8 Å². The summed E-state index contributed by atoms with van der Waals surface area (Å²) < 4.78 is 50.2. The van der Waals surface area contributed by atoms with Crippen LogP contribution in [-0.2, 0) is 15.7 Å². The lowest BCUT2D eigenvalue weighted by molar-refractivity contribution is -0.141. The fraction of sp³-hybridized carbons (Fsp3) is 0.722. The van der Waals surface area contributed by atoms with E-state index in [9.17, 15) is 18.0 Å². The predicted molar refractivity (Wildman–Crippen MR) is 95.0 cm³/mol. The Kier molecular flexibility index (Phi) is 5.44. The number of hydrogen-bond donors (Lipinski definition) is 0. The third kappa shape index (κ3) is 4.84. The number of ether oxygens (including phenoxy) is 2. The van der Waals surface area contributed by atoms with Crippen LogP contribution in [0.25, 0.3) is 0 Å². The minimum Gasteiger partial charge on any atom is -0.444 e. The molecule has 1 spiro atoms. The SMILES string of the molecule is CC(C)(C)OC(=O)N1CCC2(CC1)CN(c1nccc(C(F)(F)F)n1)CCO2. The molecule has 156 valence electrons. The molecular weight excluding hydrogens is 377 g/mol. The molecule has 2 aliphatic rings. The predicted octanol–water partition coefficient (Wildman–Crippen LogP) is 3.10. The van der Waals surface area contributed by atoms with Crippen molar-refractivity contribution in [3.63, 3.8) is 0 Å². The topological polar surface area (TPSA) is 67.8 Å². The van der Waals surface area contributed by atoms with E-state index in [1.807, 2.05) is 20.8 Å². The highest BCUT2D eigenvalue weighted by atomic mass is 19.4. The molecule has 0 N–H and O–H groups in total. The van der Waals surface area contributed by atoms with E-state index in [-0.39, 0.29) is 12.0 Å². The molecule has 0 bridgehead atoms. The van der Waals surface area contributed by atoms with E-state index >= 15 is 0 Å². The number of alkyl halides is 3. The van der Waals surface area contributed by atoms with Crippen LogP contribution in [0.3, 0.4) is 0 Å². The average molecular weight is 402 g/mol. The van der Waals surface area contributed by atoms with Crippen LogP contribution in [-0.4, -0.2) is 64.9 Å². The number of carbonyl (C=O) groups is 1. The van der Waals surface area contributed by atoms with E-state index in [1.54, 1.807) is 9.80 Å². The summed E-state index contributed by atoms with van der Waals surface area (Å²) in [6.45, 7) is 7.54. The normalized spacial score (nSPS) is 20.4. The van der Waals surface area contributed by atoms with Crippen LogP contribution in [0.2, 0.25) is 0 Å². The summed E-state index contributed by atoms with van der Waals surface area (Å²) in [5.41, 5.74) is -2.06. The maximum Gasteiger partial charge on any atom is 0.433 e. The van der Waals surface area contributed by atoms with E-state index in [0.29, 0.717) is 45.6 Å². The molecule has 1 aromatic rings. The number of morpholine rings is 1. The van der Waals surface area contributed by atoms with Gasteiger partial charge in [-0.3, -0.25) is 0 Å². The summed E-state index contributed by atoms with van der Waals surface area (Å²) in [5, 5.41) is 0. The van der Waals surface area contributed by atoms with Gasteiger partial charge in [-0.05, 0) is 39.7 Å². The number of carbonyl (C=O) groups excluding carboxylic acids is 1. The van der Waals surface area contributed by atoms with Crippen LogP contribution < -0.4 is 4.90 Å². The summed E-state index contributed by atoms with van der Waals surface area (Å²) in [7, 11) is 0. The van der Waals surface area contributed by atoms with Crippen molar-refractivity contribution >= 4 is 12.0 Å². The van der Waals surface area contributed by atoms with Crippen molar-refractivity contribution in [2.24, 2.45) is 0 Å². The van der Waals surface area contributed by atoms with Crippen molar-refractivity contribution in [1.82, 2.24) is 14.9 Å². The van der Waals surface area contributed by atoms with Crippen molar-refractivity contribution in [2.45, 2.75) is 51.0 Å². The zero-order chi connectivity index (χ0) is 20.6. The molecule has 2 aliphatic heterocycles. The molecule has 0 aliphatic carbocycles. The third-order valence-electron chi connectivity index (χ3n) is 4.79. The lowest BCUT2D eigenvalue weighted by atomic mass is 9.89. The van der Waals surface area contributed by atoms with E-state index in [4.69, 9.17) is 9.47 Å². The molecule has 1 aromatic heterocycles. The van der Waals surface area contributed by atoms with E-state index in [2.05, 4.69) is 9.97 Å². The lowest BCUT2D eigenvalue weighted by Gasteiger charge is -2.47. The van der Waals surface area contributed by atoms with Gasteiger partial charge in [-0.15, -0.1) is 0 Å². The fourth-order valence-corrected chi connectivity index (χ4v) is 3.40. The van der Waals surface area contributed by atoms with Gasteiger partial charge >= 0.3 is 12.3 Å². The largest absolute Gasteiger partial charge is 0.444 e. The zero-order valence-electron chi connectivity index (χ0n) is 16.3. The van der Waals surface area contributed by atoms with E-state index in [0.717, 1.165) is 12.3 Å². The highest BCUT2D eigenvalue weighted by Crippen LogP contribution is 2.33. The number of hydrogen-bond acceptors (Lipinski definition) is 6. The second-order valence-corrected chi connectivity index (χ2v) is 8.16. The summed E-state index contributed by atoms with van der Waals surface area (Å²) in [5.74, 6) is 0.0482. The number of aromatic nitrogens is 2. The Morgan fingerprint density at radius 3 is 2.50 bits per heavy atom. The van der Waals surface area contributed by atoms with Crippen LogP contribution >= 0.6 is 0 Å². The van der Waals surface area contributed by atoms with Gasteiger partial charge in [0, 0.05) is 25.8 Å². The Labute approximate surface area is 161 Å². The summed E-state index contributed by atoms with van der Waals surface area (Å²) in [4.78, 5) is 23.3. The van der Waals surface area contributed by atoms with Crippen molar-refractivity contribution < 1.29 is 27.4 Å². The number of amides is 1. The Balaban J connectivity index is 1.65. The number of nitrogens with zero attached hydrogens (tertiary/aromatic N) is 4. The van der Waals surface area contributed by atoms with E-state index in [1.165, 1.54) is 0 Å². The smallest absolute Gasteiger partial charge is 0.433 e. The third-order valence-corrected chi connectivity index (χ3v) is 4.79. The lowest BCUT2D eigenvalue weighted by Crippen LogP contribution is -2.58. The molecule has 2 fully saturated rings. The Morgan fingerprint density at radius 1 is 1.21 bits per heavy atom. The zero-order valence-corrected chi connectivity index (χ0v) is 16.3. The monoisotopic (exact) mass is 402 g/mol. The highest BCUT2D eigenvalue weighted by Gasteiger charge is 2.42. The van der Waals surface area contributed by atoms with E-state index < -0.39 is 23.1 Å². The van der Waals surface area contributed by atoms with Gasteiger partial charge in [0.2, 0.25) is 5.95 Å². The van der Waals surface area contributed by atoms with Crippen LogP contribution in [0, 0.1) is 0 Å². The summed E-state index contributed by atoms with van der Waals surface area (Å²) >= 11 is 0. The molecule has 0 aromatic carbocycles. The first kappa shape index (κ1) is 20.6. The van der Waals surface area contributed by atoms with Gasteiger partial charge in [-0.1, -0.05) is 0 Å². The number of piperidine rings is 1. The molecule has 7 nitrogen and oxygen atoms in total. The molecule has 2 saturated heterocycles. The van der Waals surface area contributed by atoms with Gasteiger partial charge < -0.3 is 19.3 Å². The highest BCUT2D eigenvalue weighted by molar-refractivity contribution is 5.68. The van der Waals surface area contributed by atoms with Crippen molar-refractivity contribution in [2.75, 3.05) is 37.7 Å². The second kappa shape index (κ2) is 7.38. The molecule has 0 radical (unpaired) electrons. The minimum atomic E-state index is -4.51. The molecule has 0 unspecified atom stereocenters. The Morgan fingerprint density at radius 2 is 1.89 bits per heavy atom. The average Bonchev–Trinajstić information content (AvgIpc) is 2.60. The number of rotatable bonds is 1. The Bertz CT molecular complexity index is 713. The first-order chi connectivity index (χ1) is 13.0. The first-order valence-electron chi connectivity index (χ1n) is 9.25. The van der Waals surface area contributed by atoms with Crippen LogP contribution in [0.5, 0.6) is 0 Å². The molecule has 3 rings (SSSR count). The van der Waals surface area contributed by atoms with Gasteiger partial charge in [0.1, 0.15) is 11.3 Å². The van der Waals surface area contributed by atoms with Gasteiger partial charge in [0.15, 0.2) is 0 Å².